The Morgan fingerprint density at radius 2 is 2.24 bits per heavy atom. The van der Waals surface area contributed by atoms with E-state index in [1.54, 1.807) is 17.8 Å². The van der Waals surface area contributed by atoms with E-state index in [0.29, 0.717) is 18.0 Å². The van der Waals surface area contributed by atoms with Crippen LogP contribution in [-0.2, 0) is 4.79 Å². The van der Waals surface area contributed by atoms with Gasteiger partial charge in [-0.25, -0.2) is 0 Å². The number of carbonyl (C=O) groups excluding carboxylic acids is 1. The van der Waals surface area contributed by atoms with Crippen molar-refractivity contribution in [3.05, 3.63) is 23.8 Å². The molecule has 1 aromatic carbocycles. The number of carboxylic acids is 1. The largest absolute Gasteiger partial charge is 0.507 e. The van der Waals surface area contributed by atoms with Gasteiger partial charge in [0, 0.05) is 24.1 Å². The van der Waals surface area contributed by atoms with Gasteiger partial charge >= 0.3 is 5.97 Å². The number of methoxy groups -OCH3 is 1. The Labute approximate surface area is 126 Å². The van der Waals surface area contributed by atoms with Crippen LogP contribution in [-0.4, -0.2) is 58.2 Å². The maximum absolute atomic E-state index is 12.5. The summed E-state index contributed by atoms with van der Waals surface area (Å²) in [6.45, 7) is 0.479. The van der Waals surface area contributed by atoms with E-state index in [9.17, 15) is 14.7 Å². The number of rotatable bonds is 4. The number of thioether (sulfide) groups is 1. The van der Waals surface area contributed by atoms with Crippen LogP contribution in [0.1, 0.15) is 16.8 Å². The van der Waals surface area contributed by atoms with Gasteiger partial charge in [0.2, 0.25) is 0 Å². The predicted molar refractivity (Wildman–Crippen MR) is 79.1 cm³/mol. The normalized spacial score (nSPS) is 18.3. The number of phenols is 1. The summed E-state index contributed by atoms with van der Waals surface area (Å²) < 4.78 is 4.98. The molecule has 0 radical (unpaired) electrons. The predicted octanol–water partition coefficient (Wildman–Crippen LogP) is 1.43. The van der Waals surface area contributed by atoms with Crippen LogP contribution in [0.15, 0.2) is 18.2 Å². The van der Waals surface area contributed by atoms with Crippen molar-refractivity contribution in [2.24, 2.45) is 0 Å². The average molecular weight is 311 g/mol. The lowest BCUT2D eigenvalue weighted by molar-refractivity contribution is -0.138. The van der Waals surface area contributed by atoms with Crippen molar-refractivity contribution in [2.75, 3.05) is 25.2 Å². The van der Waals surface area contributed by atoms with Crippen LogP contribution < -0.4 is 4.74 Å². The zero-order valence-electron chi connectivity index (χ0n) is 11.6. The van der Waals surface area contributed by atoms with Crippen molar-refractivity contribution < 1.29 is 24.5 Å². The van der Waals surface area contributed by atoms with Crippen molar-refractivity contribution >= 4 is 23.6 Å². The van der Waals surface area contributed by atoms with Crippen molar-refractivity contribution in [1.82, 2.24) is 4.90 Å². The number of hydrogen-bond donors (Lipinski definition) is 2. The molecule has 1 aliphatic heterocycles. The Morgan fingerprint density at radius 3 is 2.86 bits per heavy atom. The summed E-state index contributed by atoms with van der Waals surface area (Å²) in [7, 11) is 1.47. The number of benzene rings is 1. The molecule has 0 bridgehead atoms. The fourth-order valence-electron chi connectivity index (χ4n) is 2.27. The Hall–Kier alpha value is -1.89. The van der Waals surface area contributed by atoms with Crippen molar-refractivity contribution in [2.45, 2.75) is 12.5 Å². The molecule has 6 nitrogen and oxygen atoms in total. The molecule has 7 heteroatoms. The second-order valence-corrected chi connectivity index (χ2v) is 5.86. The third-order valence-corrected chi connectivity index (χ3v) is 4.43. The number of amides is 1. The first kappa shape index (κ1) is 15.5. The van der Waals surface area contributed by atoms with Gasteiger partial charge in [-0.2, -0.15) is 11.8 Å². The Kier molecular flexibility index (Phi) is 4.95. The molecule has 1 saturated heterocycles. The molecule has 0 aromatic heterocycles. The number of carboxylic acid groups (broad SMARTS) is 1. The quantitative estimate of drug-likeness (QED) is 0.875. The van der Waals surface area contributed by atoms with Gasteiger partial charge in [-0.3, -0.25) is 9.59 Å². The molecule has 1 unspecified atom stereocenters. The highest BCUT2D eigenvalue weighted by Gasteiger charge is 2.30. The third kappa shape index (κ3) is 3.60. The van der Waals surface area contributed by atoms with E-state index in [2.05, 4.69) is 0 Å². The lowest BCUT2D eigenvalue weighted by atomic mass is 10.1. The van der Waals surface area contributed by atoms with Gasteiger partial charge in [0.05, 0.1) is 25.1 Å². The zero-order chi connectivity index (χ0) is 15.4. The Bertz CT molecular complexity index is 548. The number of hydrogen-bond acceptors (Lipinski definition) is 5. The van der Waals surface area contributed by atoms with Crippen molar-refractivity contribution in [3.63, 3.8) is 0 Å². The maximum atomic E-state index is 12.5. The number of nitrogens with zero attached hydrogens (tertiary/aromatic N) is 1. The fourth-order valence-corrected chi connectivity index (χ4v) is 3.33. The maximum Gasteiger partial charge on any atom is 0.305 e. The smallest absolute Gasteiger partial charge is 0.305 e. The van der Waals surface area contributed by atoms with E-state index in [-0.39, 0.29) is 29.7 Å². The topological polar surface area (TPSA) is 87.1 Å². The van der Waals surface area contributed by atoms with Crippen LogP contribution in [0.3, 0.4) is 0 Å². The number of aromatic hydroxyl groups is 1. The van der Waals surface area contributed by atoms with E-state index < -0.39 is 5.97 Å². The monoisotopic (exact) mass is 311 g/mol. The summed E-state index contributed by atoms with van der Waals surface area (Å²) in [5, 5.41) is 18.9. The van der Waals surface area contributed by atoms with E-state index in [0.717, 1.165) is 5.75 Å². The average Bonchev–Trinajstić information content (AvgIpc) is 2.46. The van der Waals surface area contributed by atoms with Crippen LogP contribution in [0.25, 0.3) is 0 Å². The van der Waals surface area contributed by atoms with E-state index in [1.165, 1.54) is 24.1 Å². The number of ether oxygens (including phenoxy) is 1. The first-order valence-electron chi connectivity index (χ1n) is 6.50. The minimum absolute atomic E-state index is 0.0876. The minimum Gasteiger partial charge on any atom is -0.507 e. The van der Waals surface area contributed by atoms with Crippen LogP contribution in [0.4, 0.5) is 0 Å². The third-order valence-electron chi connectivity index (χ3n) is 3.33. The van der Waals surface area contributed by atoms with Gasteiger partial charge < -0.3 is 19.8 Å². The van der Waals surface area contributed by atoms with Crippen LogP contribution in [0.2, 0.25) is 0 Å². The molecular formula is C14H17NO5S. The van der Waals surface area contributed by atoms with Crippen LogP contribution in [0, 0.1) is 0 Å². The highest BCUT2D eigenvalue weighted by atomic mass is 32.2. The molecule has 1 atom stereocenters. The summed E-state index contributed by atoms with van der Waals surface area (Å²) in [6.07, 6.45) is -0.0876. The highest BCUT2D eigenvalue weighted by Crippen LogP contribution is 2.27. The zero-order valence-corrected chi connectivity index (χ0v) is 12.4. The summed E-state index contributed by atoms with van der Waals surface area (Å²) in [6, 6.07) is 4.11. The van der Waals surface area contributed by atoms with E-state index >= 15 is 0 Å². The molecule has 1 aromatic rings. The summed E-state index contributed by atoms with van der Waals surface area (Å²) >= 11 is 1.63. The lowest BCUT2D eigenvalue weighted by Gasteiger charge is -2.34. The number of aliphatic carboxylic acids is 1. The summed E-state index contributed by atoms with van der Waals surface area (Å²) in [5.74, 6) is 0.376. The molecule has 0 aliphatic carbocycles. The van der Waals surface area contributed by atoms with Gasteiger partial charge in [0.25, 0.3) is 5.91 Å². The van der Waals surface area contributed by atoms with Gasteiger partial charge in [-0.15, -0.1) is 0 Å². The fraction of sp³-hybridized carbons (Fsp3) is 0.429. The standard InChI is InChI=1S/C14H17NO5S/c1-20-10-2-3-11(12(16)7-10)14(19)15-4-5-21-8-9(15)6-13(17)18/h2-3,7,9,16H,4-6,8H2,1H3,(H,17,18). The summed E-state index contributed by atoms with van der Waals surface area (Å²) in [5.41, 5.74) is 0.165. The minimum atomic E-state index is -0.931. The Morgan fingerprint density at radius 1 is 1.48 bits per heavy atom. The molecular weight excluding hydrogens is 294 g/mol. The van der Waals surface area contributed by atoms with Gasteiger partial charge in [-0.05, 0) is 12.1 Å². The first-order valence-corrected chi connectivity index (χ1v) is 7.66. The SMILES string of the molecule is COc1ccc(C(=O)N2CCSCC2CC(=O)O)c(O)c1. The van der Waals surface area contributed by atoms with Gasteiger partial charge in [0.15, 0.2) is 0 Å². The Balaban J connectivity index is 2.22. The highest BCUT2D eigenvalue weighted by molar-refractivity contribution is 7.99. The lowest BCUT2D eigenvalue weighted by Crippen LogP contribution is -2.47. The first-order chi connectivity index (χ1) is 10.0. The molecule has 1 aliphatic rings. The molecule has 2 rings (SSSR count). The van der Waals surface area contributed by atoms with Crippen molar-refractivity contribution in [3.8, 4) is 11.5 Å². The molecule has 1 heterocycles. The van der Waals surface area contributed by atoms with Crippen LogP contribution >= 0.6 is 11.8 Å². The van der Waals surface area contributed by atoms with Gasteiger partial charge in [0.1, 0.15) is 11.5 Å². The second kappa shape index (κ2) is 6.71. The molecule has 0 spiro atoms. The molecule has 21 heavy (non-hydrogen) atoms. The van der Waals surface area contributed by atoms with E-state index in [1.807, 2.05) is 0 Å². The summed E-state index contributed by atoms with van der Waals surface area (Å²) in [4.78, 5) is 25.0. The number of phenolic OH excluding ortho intramolecular Hbond substituents is 1. The van der Waals surface area contributed by atoms with Gasteiger partial charge in [-0.1, -0.05) is 0 Å². The second-order valence-electron chi connectivity index (χ2n) is 4.71. The number of carbonyl (C=O) groups is 2. The molecule has 2 N–H and O–H groups in total. The molecule has 114 valence electrons. The van der Waals surface area contributed by atoms with E-state index in [4.69, 9.17) is 9.84 Å². The molecule has 1 amide bonds. The molecule has 0 saturated carbocycles. The van der Waals surface area contributed by atoms with Crippen molar-refractivity contribution in [1.29, 1.82) is 0 Å². The molecule has 1 fully saturated rings. The van der Waals surface area contributed by atoms with Crippen LogP contribution in [0.5, 0.6) is 11.5 Å².